The summed E-state index contributed by atoms with van der Waals surface area (Å²) in [6.45, 7) is 9.43. The Kier molecular flexibility index (Phi) is 7.92. The van der Waals surface area contributed by atoms with E-state index < -0.39 is 0 Å². The Morgan fingerprint density at radius 3 is 1.97 bits per heavy atom. The Morgan fingerprint density at radius 2 is 1.25 bits per heavy atom. The number of hydrogen-bond donors (Lipinski definition) is 0. The second-order valence-corrected chi connectivity index (χ2v) is 16.5. The summed E-state index contributed by atoms with van der Waals surface area (Å²) >= 11 is 0. The second kappa shape index (κ2) is 13.4. The van der Waals surface area contributed by atoms with Crippen LogP contribution >= 0.6 is 0 Å². The second-order valence-electron chi connectivity index (χ2n) is 16.5. The number of furan rings is 1. The van der Waals surface area contributed by atoms with Crippen LogP contribution in [0.5, 0.6) is 11.5 Å². The lowest BCUT2D eigenvalue weighted by molar-refractivity contribution is 0.479. The van der Waals surface area contributed by atoms with Gasteiger partial charge >= 0.3 is 0 Å². The number of pyridine rings is 1. The smallest absolute Gasteiger partial charge is 0.141 e. The van der Waals surface area contributed by atoms with E-state index in [-0.39, 0.29) is 5.41 Å². The molecule has 3 aromatic heterocycles. The largest absolute Gasteiger partial charge is 0.457 e. The van der Waals surface area contributed by atoms with Crippen molar-refractivity contribution < 1.29 is 9.15 Å². The van der Waals surface area contributed by atoms with Crippen molar-refractivity contribution in [2.45, 2.75) is 33.1 Å². The summed E-state index contributed by atoms with van der Waals surface area (Å²) in [5.41, 5.74) is 15.2. The van der Waals surface area contributed by atoms with Gasteiger partial charge in [0.25, 0.3) is 0 Å². The lowest BCUT2D eigenvalue weighted by Gasteiger charge is -2.27. The summed E-state index contributed by atoms with van der Waals surface area (Å²) < 4.78 is 15.6. The lowest BCUT2D eigenvalue weighted by atomic mass is 9.88. The van der Waals surface area contributed by atoms with E-state index >= 15 is 0 Å². The van der Waals surface area contributed by atoms with Crippen molar-refractivity contribution >= 4 is 55.7 Å². The van der Waals surface area contributed by atoms with Gasteiger partial charge in [-0.25, -0.2) is 4.98 Å². The van der Waals surface area contributed by atoms with E-state index in [2.05, 4.69) is 194 Å². The van der Waals surface area contributed by atoms with Crippen LogP contribution < -0.4 is 14.5 Å². The molecule has 0 aliphatic carbocycles. The molecule has 0 fully saturated rings. The number of hydrogen-bond acceptors (Lipinski definition) is 5. The molecule has 0 spiro atoms. The number of anilines is 4. The number of para-hydroxylation sites is 3. The number of aryl methyl sites for hydroxylation is 1. The molecule has 10 aromatic rings. The minimum atomic E-state index is -0.0217. The van der Waals surface area contributed by atoms with Crippen molar-refractivity contribution in [2.75, 3.05) is 16.5 Å². The SMILES string of the molecule is Cc1ccc(N2CN(c3c(-c4ccccc4)cccc3-c3ccccc3)c3ccccc32)cc1Oc1cc2oc3cccc4c3c2c(c1)n4-c1cc(C(C)(C)C)ccn1. The molecule has 0 radical (unpaired) electrons. The maximum atomic E-state index is 6.91. The molecule has 6 heteroatoms. The Balaban J connectivity index is 1.01. The molecule has 59 heavy (non-hydrogen) atoms. The molecular formula is C53H42N4O2. The summed E-state index contributed by atoms with van der Waals surface area (Å²) in [5, 5.41) is 2.18. The van der Waals surface area contributed by atoms with E-state index in [9.17, 15) is 0 Å². The third-order valence-corrected chi connectivity index (χ3v) is 11.8. The molecule has 0 saturated carbocycles. The fourth-order valence-corrected chi connectivity index (χ4v) is 8.84. The summed E-state index contributed by atoms with van der Waals surface area (Å²) in [6.07, 6.45) is 1.91. The number of ether oxygens (including phenoxy) is 1. The van der Waals surface area contributed by atoms with E-state index in [1.54, 1.807) is 0 Å². The fraction of sp³-hybridized carbons (Fsp3) is 0.113. The zero-order valence-corrected chi connectivity index (χ0v) is 33.5. The molecule has 4 heterocycles. The Hall–Kier alpha value is -7.31. The van der Waals surface area contributed by atoms with Crippen molar-refractivity contribution in [1.29, 1.82) is 0 Å². The van der Waals surface area contributed by atoms with E-state index in [1.807, 2.05) is 18.3 Å². The fourth-order valence-electron chi connectivity index (χ4n) is 8.84. The van der Waals surface area contributed by atoms with E-state index in [0.717, 1.165) is 67.2 Å². The van der Waals surface area contributed by atoms with Crippen LogP contribution in [-0.4, -0.2) is 16.2 Å². The van der Waals surface area contributed by atoms with Gasteiger partial charge in [0, 0.05) is 41.2 Å². The van der Waals surface area contributed by atoms with Gasteiger partial charge in [0.05, 0.1) is 38.9 Å². The molecule has 1 aliphatic heterocycles. The Labute approximate surface area is 343 Å². The van der Waals surface area contributed by atoms with Crippen molar-refractivity contribution in [3.05, 3.63) is 181 Å². The highest BCUT2D eigenvalue weighted by atomic mass is 16.5. The molecular weight excluding hydrogens is 725 g/mol. The molecule has 7 aromatic carbocycles. The van der Waals surface area contributed by atoms with Gasteiger partial charge in [0.2, 0.25) is 0 Å². The summed E-state index contributed by atoms with van der Waals surface area (Å²) in [7, 11) is 0. The topological polar surface area (TPSA) is 46.7 Å². The quantitative estimate of drug-likeness (QED) is 0.162. The molecule has 11 rings (SSSR count). The molecule has 0 bridgehead atoms. The van der Waals surface area contributed by atoms with Gasteiger partial charge in [-0.05, 0) is 77.1 Å². The van der Waals surface area contributed by atoms with Crippen LogP contribution in [0.1, 0.15) is 31.9 Å². The number of benzene rings is 7. The van der Waals surface area contributed by atoms with E-state index in [1.165, 1.54) is 33.5 Å². The summed E-state index contributed by atoms with van der Waals surface area (Å²) in [6, 6.07) is 58.0. The summed E-state index contributed by atoms with van der Waals surface area (Å²) in [5.74, 6) is 2.36. The molecule has 0 N–H and O–H groups in total. The highest BCUT2D eigenvalue weighted by Gasteiger charge is 2.32. The summed E-state index contributed by atoms with van der Waals surface area (Å²) in [4.78, 5) is 9.74. The van der Waals surface area contributed by atoms with Gasteiger partial charge in [-0.2, -0.15) is 0 Å². The van der Waals surface area contributed by atoms with Crippen LogP contribution in [0.2, 0.25) is 0 Å². The number of fused-ring (bicyclic) bond motifs is 1. The van der Waals surface area contributed by atoms with Crippen LogP contribution in [-0.2, 0) is 5.41 Å². The third kappa shape index (κ3) is 5.74. The Bertz CT molecular complexity index is 3120. The predicted molar refractivity (Wildman–Crippen MR) is 242 cm³/mol. The maximum absolute atomic E-state index is 6.91. The van der Waals surface area contributed by atoms with Crippen molar-refractivity contribution in [2.24, 2.45) is 0 Å². The minimum absolute atomic E-state index is 0.0217. The Morgan fingerprint density at radius 1 is 0.593 bits per heavy atom. The van der Waals surface area contributed by atoms with E-state index in [4.69, 9.17) is 14.1 Å². The van der Waals surface area contributed by atoms with Crippen molar-refractivity contribution in [3.8, 4) is 39.6 Å². The van der Waals surface area contributed by atoms with Crippen LogP contribution in [0.15, 0.2) is 174 Å². The van der Waals surface area contributed by atoms with Gasteiger partial charge in [-0.1, -0.05) is 124 Å². The third-order valence-electron chi connectivity index (χ3n) is 11.8. The number of aromatic nitrogens is 2. The molecule has 6 nitrogen and oxygen atoms in total. The van der Waals surface area contributed by atoms with Crippen LogP contribution in [0.4, 0.5) is 22.7 Å². The first-order chi connectivity index (χ1) is 28.8. The number of rotatable bonds is 7. The first-order valence-electron chi connectivity index (χ1n) is 20.2. The lowest BCUT2D eigenvalue weighted by Crippen LogP contribution is -2.25. The molecule has 0 saturated heterocycles. The highest BCUT2D eigenvalue weighted by Crippen LogP contribution is 2.51. The molecule has 286 valence electrons. The maximum Gasteiger partial charge on any atom is 0.141 e. The zero-order chi connectivity index (χ0) is 39.8. The average Bonchev–Trinajstić information content (AvgIpc) is 3.95. The molecule has 0 amide bonds. The van der Waals surface area contributed by atoms with Gasteiger partial charge in [0.1, 0.15) is 35.2 Å². The average molecular weight is 767 g/mol. The van der Waals surface area contributed by atoms with Crippen LogP contribution in [0.3, 0.4) is 0 Å². The van der Waals surface area contributed by atoms with E-state index in [0.29, 0.717) is 12.4 Å². The first kappa shape index (κ1) is 34.9. The van der Waals surface area contributed by atoms with Crippen LogP contribution in [0.25, 0.3) is 61.0 Å². The molecule has 1 aliphatic rings. The van der Waals surface area contributed by atoms with Gasteiger partial charge in [0.15, 0.2) is 0 Å². The predicted octanol–water partition coefficient (Wildman–Crippen LogP) is 14.3. The van der Waals surface area contributed by atoms with Crippen molar-refractivity contribution in [1.82, 2.24) is 9.55 Å². The van der Waals surface area contributed by atoms with Crippen LogP contribution in [0, 0.1) is 6.92 Å². The normalized spacial score (nSPS) is 12.9. The zero-order valence-electron chi connectivity index (χ0n) is 33.5. The molecule has 0 unspecified atom stereocenters. The monoisotopic (exact) mass is 766 g/mol. The minimum Gasteiger partial charge on any atom is -0.457 e. The molecule has 0 atom stereocenters. The van der Waals surface area contributed by atoms with Gasteiger partial charge < -0.3 is 19.0 Å². The van der Waals surface area contributed by atoms with Gasteiger partial charge in [-0.15, -0.1) is 0 Å². The standard InChI is InChI=1S/C53H42N4O2/c1-34-25-26-38(55-33-56(43-22-12-11-21-42(43)55)52-40(35-15-7-5-8-16-35)19-13-20-41(52)36-17-9-6-10-18-36)30-47(34)58-39-31-45-51-48(32-39)59-46-24-14-23-44(50(46)51)57(45)49-29-37(27-28-54-49)53(2,3)4/h5-32H,33H2,1-4H3. The van der Waals surface area contributed by atoms with Gasteiger partial charge in [-0.3, -0.25) is 4.57 Å². The highest BCUT2D eigenvalue weighted by molar-refractivity contribution is 6.23. The first-order valence-corrected chi connectivity index (χ1v) is 20.2. The number of nitrogens with zero attached hydrogens (tertiary/aromatic N) is 4. The van der Waals surface area contributed by atoms with Crippen molar-refractivity contribution in [3.63, 3.8) is 0 Å².